The lowest BCUT2D eigenvalue weighted by molar-refractivity contribution is 0.318. The second kappa shape index (κ2) is 6.09. The van der Waals surface area contributed by atoms with E-state index in [9.17, 15) is 16.8 Å². The predicted molar refractivity (Wildman–Crippen MR) is 76.1 cm³/mol. The van der Waals surface area contributed by atoms with Crippen LogP contribution in [0.4, 0.5) is 5.69 Å². The number of benzene rings is 1. The standard InChI is InChI=1S/C10H15N3O5S2/c1-19(15,16)6-7-20(17,18)13-9-4-2-8(3-5-9)10(11)12-14/h2-5,13-14H,6-7H2,1H3,(H2,11,12). The van der Waals surface area contributed by atoms with Crippen LogP contribution in [-0.4, -0.2) is 45.6 Å². The number of oxime groups is 1. The van der Waals surface area contributed by atoms with Crippen molar-refractivity contribution >= 4 is 31.4 Å². The summed E-state index contributed by atoms with van der Waals surface area (Å²) in [5.41, 5.74) is 6.04. The van der Waals surface area contributed by atoms with Gasteiger partial charge in [-0.1, -0.05) is 5.16 Å². The van der Waals surface area contributed by atoms with Gasteiger partial charge in [0.1, 0.15) is 9.84 Å². The van der Waals surface area contributed by atoms with Gasteiger partial charge in [0.2, 0.25) is 10.0 Å². The Morgan fingerprint density at radius 1 is 1.20 bits per heavy atom. The number of nitrogens with one attached hydrogen (secondary N) is 1. The molecule has 1 aromatic carbocycles. The minimum Gasteiger partial charge on any atom is -0.409 e. The molecule has 0 radical (unpaired) electrons. The number of rotatable bonds is 6. The van der Waals surface area contributed by atoms with Crippen molar-refractivity contribution in [1.82, 2.24) is 0 Å². The van der Waals surface area contributed by atoms with E-state index in [1.807, 2.05) is 0 Å². The van der Waals surface area contributed by atoms with Crippen LogP contribution in [0.2, 0.25) is 0 Å². The van der Waals surface area contributed by atoms with E-state index in [2.05, 4.69) is 9.88 Å². The normalized spacial score (nSPS) is 13.2. The van der Waals surface area contributed by atoms with E-state index < -0.39 is 31.4 Å². The lowest BCUT2D eigenvalue weighted by Gasteiger charge is -2.08. The second-order valence-corrected chi connectivity index (χ2v) is 8.22. The van der Waals surface area contributed by atoms with Crippen LogP contribution in [0.1, 0.15) is 5.56 Å². The van der Waals surface area contributed by atoms with Crippen LogP contribution in [0.15, 0.2) is 29.4 Å². The smallest absolute Gasteiger partial charge is 0.233 e. The summed E-state index contributed by atoms with van der Waals surface area (Å²) in [6.07, 6.45) is 0.967. The maximum atomic E-state index is 11.7. The van der Waals surface area contributed by atoms with E-state index in [0.717, 1.165) is 6.26 Å². The molecule has 8 nitrogen and oxygen atoms in total. The van der Waals surface area contributed by atoms with Crippen molar-refractivity contribution in [2.45, 2.75) is 0 Å². The molecule has 112 valence electrons. The molecule has 10 heteroatoms. The fourth-order valence-electron chi connectivity index (χ4n) is 1.26. The summed E-state index contributed by atoms with van der Waals surface area (Å²) in [5, 5.41) is 11.3. The molecule has 0 aromatic heterocycles. The maximum Gasteiger partial charge on any atom is 0.233 e. The van der Waals surface area contributed by atoms with Crippen molar-refractivity contribution in [1.29, 1.82) is 0 Å². The molecule has 0 amide bonds. The number of sulfonamides is 1. The molecular formula is C10H15N3O5S2. The van der Waals surface area contributed by atoms with Gasteiger partial charge in [-0.15, -0.1) is 0 Å². The van der Waals surface area contributed by atoms with Crippen molar-refractivity contribution in [3.8, 4) is 0 Å². The van der Waals surface area contributed by atoms with E-state index in [1.54, 1.807) is 0 Å². The van der Waals surface area contributed by atoms with Gasteiger partial charge in [0.25, 0.3) is 0 Å². The molecule has 0 atom stereocenters. The highest BCUT2D eigenvalue weighted by Crippen LogP contribution is 2.11. The third-order valence-corrected chi connectivity index (χ3v) is 4.78. The summed E-state index contributed by atoms with van der Waals surface area (Å²) in [6, 6.07) is 5.77. The van der Waals surface area contributed by atoms with Crippen LogP contribution in [0.5, 0.6) is 0 Å². The number of amidine groups is 1. The van der Waals surface area contributed by atoms with Crippen molar-refractivity contribution in [2.75, 3.05) is 22.5 Å². The molecule has 0 saturated carbocycles. The van der Waals surface area contributed by atoms with E-state index >= 15 is 0 Å². The molecule has 0 heterocycles. The van der Waals surface area contributed by atoms with E-state index in [1.165, 1.54) is 24.3 Å². The first-order valence-electron chi connectivity index (χ1n) is 5.39. The Morgan fingerprint density at radius 2 is 1.75 bits per heavy atom. The fourth-order valence-corrected chi connectivity index (χ4v) is 3.94. The number of hydrogen-bond donors (Lipinski definition) is 3. The van der Waals surface area contributed by atoms with Gasteiger partial charge in [-0.25, -0.2) is 16.8 Å². The monoisotopic (exact) mass is 321 g/mol. The third-order valence-electron chi connectivity index (χ3n) is 2.28. The van der Waals surface area contributed by atoms with Crippen LogP contribution < -0.4 is 10.5 Å². The topological polar surface area (TPSA) is 139 Å². The molecule has 4 N–H and O–H groups in total. The molecule has 0 saturated heterocycles. The first-order chi connectivity index (χ1) is 9.13. The van der Waals surface area contributed by atoms with Gasteiger partial charge in [0.15, 0.2) is 5.84 Å². The maximum absolute atomic E-state index is 11.7. The van der Waals surface area contributed by atoms with Gasteiger partial charge in [0.05, 0.1) is 11.5 Å². The zero-order valence-electron chi connectivity index (χ0n) is 10.6. The Kier molecular flexibility index (Phi) is 4.95. The average molecular weight is 321 g/mol. The summed E-state index contributed by atoms with van der Waals surface area (Å²) in [7, 11) is -7.10. The fraction of sp³-hybridized carbons (Fsp3) is 0.300. The number of nitrogens with two attached hydrogens (primary N) is 1. The molecule has 0 spiro atoms. The molecule has 0 aliphatic carbocycles. The zero-order chi connectivity index (χ0) is 15.4. The quantitative estimate of drug-likeness (QED) is 0.281. The summed E-state index contributed by atoms with van der Waals surface area (Å²) < 4.78 is 47.4. The van der Waals surface area contributed by atoms with Crippen LogP contribution in [0, 0.1) is 0 Å². The Balaban J connectivity index is 2.78. The Bertz CT molecular complexity index is 693. The van der Waals surface area contributed by atoms with Crippen LogP contribution >= 0.6 is 0 Å². The van der Waals surface area contributed by atoms with Crippen molar-refractivity contribution in [2.24, 2.45) is 10.9 Å². The Morgan fingerprint density at radius 3 is 2.20 bits per heavy atom. The van der Waals surface area contributed by atoms with Crippen LogP contribution in [0.25, 0.3) is 0 Å². The minimum absolute atomic E-state index is 0.100. The molecule has 0 aliphatic heterocycles. The van der Waals surface area contributed by atoms with Gasteiger partial charge in [-0.2, -0.15) is 0 Å². The first kappa shape index (κ1) is 16.2. The largest absolute Gasteiger partial charge is 0.409 e. The van der Waals surface area contributed by atoms with E-state index in [4.69, 9.17) is 10.9 Å². The van der Waals surface area contributed by atoms with Crippen molar-refractivity contribution < 1.29 is 22.0 Å². The average Bonchev–Trinajstić information content (AvgIpc) is 2.35. The van der Waals surface area contributed by atoms with Gasteiger partial charge in [-0.3, -0.25) is 4.72 Å². The summed E-state index contributed by atoms with van der Waals surface area (Å²) in [5.74, 6) is -1.07. The number of hydrogen-bond acceptors (Lipinski definition) is 6. The molecule has 20 heavy (non-hydrogen) atoms. The van der Waals surface area contributed by atoms with Crippen molar-refractivity contribution in [3.05, 3.63) is 29.8 Å². The highest BCUT2D eigenvalue weighted by atomic mass is 32.2. The van der Waals surface area contributed by atoms with Crippen LogP contribution in [-0.2, 0) is 19.9 Å². The molecule has 0 unspecified atom stereocenters. The third kappa shape index (κ3) is 5.45. The molecule has 0 bridgehead atoms. The zero-order valence-corrected chi connectivity index (χ0v) is 12.3. The molecule has 0 aliphatic rings. The van der Waals surface area contributed by atoms with Crippen molar-refractivity contribution in [3.63, 3.8) is 0 Å². The number of anilines is 1. The Labute approximate surface area is 117 Å². The lowest BCUT2D eigenvalue weighted by atomic mass is 10.2. The highest BCUT2D eigenvalue weighted by Gasteiger charge is 2.14. The summed E-state index contributed by atoms with van der Waals surface area (Å²) >= 11 is 0. The second-order valence-electron chi connectivity index (χ2n) is 4.11. The minimum atomic E-state index is -3.75. The Hall–Kier alpha value is -1.81. The van der Waals surface area contributed by atoms with Gasteiger partial charge < -0.3 is 10.9 Å². The lowest BCUT2D eigenvalue weighted by Crippen LogP contribution is -2.22. The van der Waals surface area contributed by atoms with Gasteiger partial charge in [-0.05, 0) is 24.3 Å². The van der Waals surface area contributed by atoms with Gasteiger partial charge in [0, 0.05) is 17.5 Å². The molecule has 1 rings (SSSR count). The number of sulfone groups is 1. The predicted octanol–water partition coefficient (Wildman–Crippen LogP) is -0.433. The van der Waals surface area contributed by atoms with Gasteiger partial charge >= 0.3 is 0 Å². The van der Waals surface area contributed by atoms with Crippen LogP contribution in [0.3, 0.4) is 0 Å². The SMILES string of the molecule is CS(=O)(=O)CCS(=O)(=O)Nc1ccc(C(N)=NO)cc1. The van der Waals surface area contributed by atoms with E-state index in [-0.39, 0.29) is 11.5 Å². The summed E-state index contributed by atoms with van der Waals surface area (Å²) in [6.45, 7) is 0. The number of nitrogens with zero attached hydrogens (tertiary/aromatic N) is 1. The summed E-state index contributed by atoms with van der Waals surface area (Å²) in [4.78, 5) is 0. The highest BCUT2D eigenvalue weighted by molar-refractivity contribution is 7.95. The molecular weight excluding hydrogens is 306 g/mol. The van der Waals surface area contributed by atoms with E-state index in [0.29, 0.717) is 5.56 Å². The first-order valence-corrected chi connectivity index (χ1v) is 9.10. The molecule has 1 aromatic rings. The molecule has 0 fully saturated rings.